The predicted octanol–water partition coefficient (Wildman–Crippen LogP) is 4.10. The number of aryl methyl sites for hydroxylation is 1. The zero-order chi connectivity index (χ0) is 21.3. The molecule has 3 aromatic heterocycles. The summed E-state index contributed by atoms with van der Waals surface area (Å²) in [6, 6.07) is 4.96. The Kier molecular flexibility index (Phi) is 5.45. The molecule has 0 spiro atoms. The predicted molar refractivity (Wildman–Crippen MR) is 97.9 cm³/mol. The van der Waals surface area contributed by atoms with Crippen molar-refractivity contribution in [1.29, 1.82) is 0 Å². The van der Waals surface area contributed by atoms with Gasteiger partial charge in [-0.15, -0.1) is 0 Å². The number of hydrogen-bond donors (Lipinski definition) is 1. The lowest BCUT2D eigenvalue weighted by Gasteiger charge is -2.10. The van der Waals surface area contributed by atoms with E-state index in [0.29, 0.717) is 11.5 Å². The zero-order valence-electron chi connectivity index (χ0n) is 16.3. The molecule has 0 fully saturated rings. The molecule has 154 valence electrons. The van der Waals surface area contributed by atoms with Crippen molar-refractivity contribution in [2.75, 3.05) is 0 Å². The van der Waals surface area contributed by atoms with E-state index in [-0.39, 0.29) is 23.1 Å². The molecule has 0 aliphatic heterocycles. The SMILES string of the molecule is CC(C)c1cc(C(=O)NC(C)c2cc(-c3ccnc(C(F)(F)F)c3)no2)n(C)n1. The molecule has 0 aliphatic rings. The molecule has 0 bridgehead atoms. The van der Waals surface area contributed by atoms with Crippen LogP contribution in [-0.4, -0.2) is 25.8 Å². The van der Waals surface area contributed by atoms with Crippen LogP contribution in [-0.2, 0) is 13.2 Å². The summed E-state index contributed by atoms with van der Waals surface area (Å²) in [7, 11) is 1.68. The average Bonchev–Trinajstić information content (AvgIpc) is 3.28. The highest BCUT2D eigenvalue weighted by Gasteiger charge is 2.32. The van der Waals surface area contributed by atoms with E-state index in [1.807, 2.05) is 13.8 Å². The molecular weight excluding hydrogens is 387 g/mol. The minimum Gasteiger partial charge on any atom is -0.359 e. The standard InChI is InChI=1S/C19H20F3N5O2/c1-10(2)13-8-15(27(4)25-13)18(28)24-11(3)16-9-14(26-29-16)12-5-6-23-17(7-12)19(20,21)22/h5-11H,1-4H3,(H,24,28). The molecular formula is C19H20F3N5O2. The first-order valence-electron chi connectivity index (χ1n) is 8.91. The normalized spacial score (nSPS) is 13.0. The summed E-state index contributed by atoms with van der Waals surface area (Å²) in [6.45, 7) is 5.65. The third-order valence-electron chi connectivity index (χ3n) is 4.37. The summed E-state index contributed by atoms with van der Waals surface area (Å²) in [5.41, 5.74) is 0.610. The molecule has 3 aromatic rings. The topological polar surface area (TPSA) is 85.8 Å². The molecule has 1 atom stereocenters. The highest BCUT2D eigenvalue weighted by atomic mass is 19.4. The molecule has 29 heavy (non-hydrogen) atoms. The van der Waals surface area contributed by atoms with E-state index in [2.05, 4.69) is 20.6 Å². The van der Waals surface area contributed by atoms with Crippen LogP contribution in [0.4, 0.5) is 13.2 Å². The van der Waals surface area contributed by atoms with Crippen LogP contribution < -0.4 is 5.32 Å². The Morgan fingerprint density at radius 3 is 2.55 bits per heavy atom. The van der Waals surface area contributed by atoms with Crippen molar-refractivity contribution in [2.24, 2.45) is 7.05 Å². The average molecular weight is 407 g/mol. The van der Waals surface area contributed by atoms with Gasteiger partial charge in [-0.05, 0) is 31.0 Å². The van der Waals surface area contributed by atoms with Crippen LogP contribution in [0.5, 0.6) is 0 Å². The number of aromatic nitrogens is 4. The smallest absolute Gasteiger partial charge is 0.359 e. The number of nitrogens with zero attached hydrogens (tertiary/aromatic N) is 4. The second kappa shape index (κ2) is 7.69. The summed E-state index contributed by atoms with van der Waals surface area (Å²) in [5, 5.41) is 10.9. The monoisotopic (exact) mass is 407 g/mol. The van der Waals surface area contributed by atoms with Crippen LogP contribution in [0.25, 0.3) is 11.3 Å². The van der Waals surface area contributed by atoms with Crippen LogP contribution in [0.15, 0.2) is 35.0 Å². The number of halogens is 3. The molecule has 7 nitrogen and oxygen atoms in total. The fourth-order valence-corrected chi connectivity index (χ4v) is 2.70. The van der Waals surface area contributed by atoms with Crippen molar-refractivity contribution < 1.29 is 22.5 Å². The van der Waals surface area contributed by atoms with Crippen molar-refractivity contribution in [1.82, 2.24) is 25.2 Å². The lowest BCUT2D eigenvalue weighted by Crippen LogP contribution is -2.28. The number of hydrogen-bond acceptors (Lipinski definition) is 5. The molecule has 3 heterocycles. The van der Waals surface area contributed by atoms with Crippen molar-refractivity contribution >= 4 is 5.91 Å². The number of rotatable bonds is 5. The van der Waals surface area contributed by atoms with E-state index < -0.39 is 17.9 Å². The van der Waals surface area contributed by atoms with Crippen molar-refractivity contribution in [3.63, 3.8) is 0 Å². The molecule has 1 amide bonds. The number of alkyl halides is 3. The maximum atomic E-state index is 12.8. The van der Waals surface area contributed by atoms with E-state index in [1.165, 1.54) is 16.8 Å². The van der Waals surface area contributed by atoms with Gasteiger partial charge in [-0.1, -0.05) is 19.0 Å². The molecule has 3 rings (SSSR count). The van der Waals surface area contributed by atoms with Crippen LogP contribution in [0.3, 0.4) is 0 Å². The quantitative estimate of drug-likeness (QED) is 0.688. The molecule has 0 aromatic carbocycles. The van der Waals surface area contributed by atoms with Crippen LogP contribution in [0.1, 0.15) is 60.4 Å². The summed E-state index contributed by atoms with van der Waals surface area (Å²) in [4.78, 5) is 15.9. The zero-order valence-corrected chi connectivity index (χ0v) is 16.3. The van der Waals surface area contributed by atoms with Gasteiger partial charge in [0, 0.05) is 24.9 Å². The Morgan fingerprint density at radius 2 is 1.93 bits per heavy atom. The van der Waals surface area contributed by atoms with Gasteiger partial charge in [0.2, 0.25) is 0 Å². The van der Waals surface area contributed by atoms with Gasteiger partial charge in [-0.3, -0.25) is 14.5 Å². The number of carbonyl (C=O) groups is 1. The number of pyridine rings is 1. The largest absolute Gasteiger partial charge is 0.433 e. The summed E-state index contributed by atoms with van der Waals surface area (Å²) in [5.74, 6) is 0.143. The van der Waals surface area contributed by atoms with E-state index in [9.17, 15) is 18.0 Å². The number of carbonyl (C=O) groups excluding carboxylic acids is 1. The molecule has 1 unspecified atom stereocenters. The summed E-state index contributed by atoms with van der Waals surface area (Å²) >= 11 is 0. The second-order valence-corrected chi connectivity index (χ2v) is 6.97. The van der Waals surface area contributed by atoms with E-state index in [4.69, 9.17) is 4.52 Å². The van der Waals surface area contributed by atoms with Crippen molar-refractivity contribution in [3.05, 3.63) is 53.3 Å². The number of amides is 1. The van der Waals surface area contributed by atoms with Gasteiger partial charge < -0.3 is 9.84 Å². The van der Waals surface area contributed by atoms with Crippen molar-refractivity contribution in [3.8, 4) is 11.3 Å². The lowest BCUT2D eigenvalue weighted by molar-refractivity contribution is -0.141. The molecule has 0 saturated carbocycles. The summed E-state index contributed by atoms with van der Waals surface area (Å²) in [6.07, 6.45) is -3.49. The Balaban J connectivity index is 1.76. The summed E-state index contributed by atoms with van der Waals surface area (Å²) < 4.78 is 45.3. The minimum absolute atomic E-state index is 0.180. The van der Waals surface area contributed by atoms with Gasteiger partial charge in [-0.25, -0.2) is 0 Å². The fourth-order valence-electron chi connectivity index (χ4n) is 2.70. The molecule has 1 N–H and O–H groups in total. The van der Waals surface area contributed by atoms with Gasteiger partial charge in [0.1, 0.15) is 17.1 Å². The Bertz CT molecular complexity index is 1020. The van der Waals surface area contributed by atoms with Gasteiger partial charge in [0.25, 0.3) is 5.91 Å². The molecule has 0 radical (unpaired) electrons. The maximum absolute atomic E-state index is 12.8. The van der Waals surface area contributed by atoms with Crippen LogP contribution in [0.2, 0.25) is 0 Å². The maximum Gasteiger partial charge on any atom is 0.433 e. The first kappa shape index (κ1) is 20.6. The Morgan fingerprint density at radius 1 is 1.21 bits per heavy atom. The molecule has 0 saturated heterocycles. The number of nitrogens with one attached hydrogen (secondary N) is 1. The minimum atomic E-state index is -4.55. The van der Waals surface area contributed by atoms with E-state index in [0.717, 1.165) is 18.0 Å². The first-order chi connectivity index (χ1) is 13.6. The van der Waals surface area contributed by atoms with Gasteiger partial charge in [-0.2, -0.15) is 18.3 Å². The van der Waals surface area contributed by atoms with Crippen LogP contribution in [0, 0.1) is 0 Å². The molecule has 0 aliphatic carbocycles. The van der Waals surface area contributed by atoms with E-state index in [1.54, 1.807) is 20.0 Å². The fraction of sp³-hybridized carbons (Fsp3) is 0.368. The third-order valence-corrected chi connectivity index (χ3v) is 4.37. The van der Waals surface area contributed by atoms with Gasteiger partial charge in [0.15, 0.2) is 5.76 Å². The Labute approximate surface area is 164 Å². The highest BCUT2D eigenvalue weighted by molar-refractivity contribution is 5.92. The highest BCUT2D eigenvalue weighted by Crippen LogP contribution is 2.30. The third kappa shape index (κ3) is 4.47. The lowest BCUT2D eigenvalue weighted by atomic mass is 10.1. The second-order valence-electron chi connectivity index (χ2n) is 6.97. The Hall–Kier alpha value is -3.17. The van der Waals surface area contributed by atoms with Gasteiger partial charge in [0.05, 0.1) is 11.7 Å². The van der Waals surface area contributed by atoms with E-state index >= 15 is 0 Å². The van der Waals surface area contributed by atoms with Crippen molar-refractivity contribution in [2.45, 2.75) is 38.9 Å². The molecule has 10 heteroatoms. The van der Waals surface area contributed by atoms with Crippen LogP contribution >= 0.6 is 0 Å². The first-order valence-corrected chi connectivity index (χ1v) is 8.91. The van der Waals surface area contributed by atoms with Gasteiger partial charge >= 0.3 is 6.18 Å².